The van der Waals surface area contributed by atoms with Crippen molar-refractivity contribution in [1.29, 1.82) is 0 Å². The fraction of sp³-hybridized carbons (Fsp3) is 0. The topological polar surface area (TPSA) is 0 Å². The zero-order valence-electron chi connectivity index (χ0n) is 1.63. The Kier molecular flexibility index (Phi) is 14.5. The van der Waals surface area contributed by atoms with Gasteiger partial charge in [-0.1, -0.05) is 0 Å². The van der Waals surface area contributed by atoms with Crippen LogP contribution in [-0.4, -0.2) is 17.4 Å². The second-order valence-electron chi connectivity index (χ2n) is 0.214. The van der Waals surface area contributed by atoms with E-state index in [1.165, 1.54) is 0 Å². The van der Waals surface area contributed by atoms with Crippen molar-refractivity contribution < 1.29 is 30.7 Å². The average Bonchev–Trinajstić information content (AvgIpc) is 0.811. The van der Waals surface area contributed by atoms with E-state index in [1.807, 2.05) is 0 Å². The van der Waals surface area contributed by atoms with Crippen LogP contribution in [0.15, 0.2) is 0 Å². The third kappa shape index (κ3) is 20.0. The van der Waals surface area contributed by atoms with Crippen LogP contribution in [-0.2, 0) is 0 Å². The number of rotatable bonds is 0. The first-order chi connectivity index (χ1) is 1.73. The van der Waals surface area contributed by atoms with Crippen molar-refractivity contribution in [3.8, 4) is 0 Å². The van der Waals surface area contributed by atoms with Crippen LogP contribution in [0.1, 0.15) is 0 Å². The molecule has 0 aliphatic rings. The molecule has 0 aromatic carbocycles. The monoisotopic (exact) mass is 275 g/mol. The minimum absolute atomic E-state index is 0. The second kappa shape index (κ2) is 6.78. The van der Waals surface area contributed by atoms with Gasteiger partial charge >= 0.3 is 47.6 Å². The molecule has 0 radical (unpaired) electrons. The number of hydrogen-bond donors (Lipinski definition) is 0. The fourth-order valence-electron chi connectivity index (χ4n) is 0. The third-order valence-electron chi connectivity index (χ3n) is 0. The van der Waals surface area contributed by atoms with Crippen LogP contribution in [0.5, 0.6) is 0 Å². The Morgan fingerprint density at radius 1 is 1.00 bits per heavy atom. The molecule has 0 rings (SSSR count). The Morgan fingerprint density at radius 2 is 1.00 bits per heavy atom. The first-order valence-corrected chi connectivity index (χ1v) is 12.4. The molecule has 0 atom stereocenters. The minimum atomic E-state index is -2.24. The van der Waals surface area contributed by atoms with Crippen LogP contribution in [0, 0.1) is 30.7 Å². The first-order valence-electron chi connectivity index (χ1n) is 0.567. The number of hydrogen-bond acceptors (Lipinski definition) is 0. The molecule has 0 amide bonds. The summed E-state index contributed by atoms with van der Waals surface area (Å²) in [4.78, 5) is 0. The molecular weight excluding hydrogens is 273 g/mol. The van der Waals surface area contributed by atoms with E-state index < -0.39 is 30.7 Å². The van der Waals surface area contributed by atoms with Gasteiger partial charge in [0.2, 0.25) is 0 Å². The van der Waals surface area contributed by atoms with Crippen molar-refractivity contribution in [3.05, 3.63) is 0 Å². The summed E-state index contributed by atoms with van der Waals surface area (Å²) in [7, 11) is 0. The molecule has 0 bridgehead atoms. The van der Waals surface area contributed by atoms with Gasteiger partial charge in [-0.25, -0.2) is 0 Å². The predicted molar refractivity (Wildman–Crippen MR) is 27.5 cm³/mol. The zero-order chi connectivity index (χ0) is 3.58. The summed E-state index contributed by atoms with van der Waals surface area (Å²) in [5, 5.41) is 0. The Balaban J connectivity index is 0. The van der Waals surface area contributed by atoms with E-state index in [1.54, 1.807) is 0 Å². The maximum atomic E-state index is 5.02. The normalized spacial score (nSPS) is 5.40. The quantitative estimate of drug-likeness (QED) is 0.576. The molecular formula is H3AlCeCl3. The molecule has 0 saturated heterocycles. The molecule has 0 aliphatic carbocycles. The second-order valence-corrected chi connectivity index (χ2v) is 14.0. The van der Waals surface area contributed by atoms with Gasteiger partial charge in [0.1, 0.15) is 0 Å². The predicted octanol–water partition coefficient (Wildman–Crippen LogP) is 0.885. The number of halogens is 3. The summed E-state index contributed by atoms with van der Waals surface area (Å²) < 4.78 is 0. The molecule has 31 valence electrons. The molecule has 0 aromatic heterocycles. The fourth-order valence-corrected chi connectivity index (χ4v) is 0. The Hall–Kier alpha value is 2.78. The Bertz CT molecular complexity index is 11.6. The van der Waals surface area contributed by atoms with Gasteiger partial charge in [0, 0.05) is 0 Å². The van der Waals surface area contributed by atoms with E-state index in [0.29, 0.717) is 0 Å². The van der Waals surface area contributed by atoms with Crippen molar-refractivity contribution in [1.82, 2.24) is 0 Å². The molecule has 0 nitrogen and oxygen atoms in total. The molecule has 0 aromatic rings. The third-order valence-corrected chi connectivity index (χ3v) is 0. The zero-order valence-corrected chi connectivity index (χ0v) is 7.04. The summed E-state index contributed by atoms with van der Waals surface area (Å²) >= 11 is -2.24. The molecule has 5 heteroatoms. The SMILES string of the molecule is [AlH3].[Cl][Ce]([Cl])[Cl]. The van der Waals surface area contributed by atoms with Gasteiger partial charge in [0.05, 0.1) is 0 Å². The van der Waals surface area contributed by atoms with Crippen molar-refractivity contribution in [2.75, 3.05) is 0 Å². The van der Waals surface area contributed by atoms with E-state index in [-0.39, 0.29) is 17.4 Å². The van der Waals surface area contributed by atoms with Crippen LogP contribution < -0.4 is 0 Å². The van der Waals surface area contributed by atoms with Crippen LogP contribution in [0.2, 0.25) is 0 Å². The summed E-state index contributed by atoms with van der Waals surface area (Å²) in [5.41, 5.74) is 15.1. The molecule has 0 heterocycles. The van der Waals surface area contributed by atoms with E-state index in [0.717, 1.165) is 0 Å². The van der Waals surface area contributed by atoms with E-state index in [2.05, 4.69) is 0 Å². The van der Waals surface area contributed by atoms with Gasteiger partial charge in [-0.05, 0) is 0 Å². The van der Waals surface area contributed by atoms with Gasteiger partial charge in [0.25, 0.3) is 0 Å². The van der Waals surface area contributed by atoms with Crippen LogP contribution in [0.4, 0.5) is 0 Å². The van der Waals surface area contributed by atoms with Gasteiger partial charge in [-0.3, -0.25) is 0 Å². The summed E-state index contributed by atoms with van der Waals surface area (Å²) in [6.45, 7) is 0. The molecule has 0 aliphatic heterocycles. The first kappa shape index (κ1) is 10.7. The van der Waals surface area contributed by atoms with E-state index >= 15 is 0 Å². The summed E-state index contributed by atoms with van der Waals surface area (Å²) in [5.74, 6) is 0. The Morgan fingerprint density at radius 3 is 1.00 bits per heavy atom. The van der Waals surface area contributed by atoms with Crippen LogP contribution in [0.25, 0.3) is 0 Å². The van der Waals surface area contributed by atoms with Crippen molar-refractivity contribution in [2.24, 2.45) is 0 Å². The molecule has 0 saturated carbocycles. The molecule has 5 heavy (non-hydrogen) atoms. The molecule has 0 fully saturated rings. The molecule has 0 spiro atoms. The van der Waals surface area contributed by atoms with Gasteiger partial charge in [-0.15, -0.1) is 0 Å². The van der Waals surface area contributed by atoms with Crippen molar-refractivity contribution >= 4 is 34.2 Å². The van der Waals surface area contributed by atoms with Gasteiger partial charge in [0.15, 0.2) is 17.4 Å². The van der Waals surface area contributed by atoms with Crippen LogP contribution >= 0.6 is 16.9 Å². The maximum absolute atomic E-state index is 5.02. The van der Waals surface area contributed by atoms with Gasteiger partial charge < -0.3 is 0 Å². The standard InChI is InChI=1S/Al.Ce.3ClH.3H/h;;3*1H;;;/q;+3;;;;;;/p-3. The molecule has 0 unspecified atom stereocenters. The summed E-state index contributed by atoms with van der Waals surface area (Å²) in [6.07, 6.45) is 0. The van der Waals surface area contributed by atoms with Crippen molar-refractivity contribution in [2.45, 2.75) is 0 Å². The summed E-state index contributed by atoms with van der Waals surface area (Å²) in [6, 6.07) is 0. The Labute approximate surface area is 63.2 Å². The van der Waals surface area contributed by atoms with E-state index in [9.17, 15) is 0 Å². The van der Waals surface area contributed by atoms with Crippen LogP contribution in [0.3, 0.4) is 0 Å². The van der Waals surface area contributed by atoms with E-state index in [4.69, 9.17) is 16.9 Å². The van der Waals surface area contributed by atoms with Gasteiger partial charge in [-0.2, -0.15) is 0 Å². The van der Waals surface area contributed by atoms with Crippen molar-refractivity contribution in [3.63, 3.8) is 0 Å². The average molecular weight is 276 g/mol. The molecule has 0 N–H and O–H groups in total.